The summed E-state index contributed by atoms with van der Waals surface area (Å²) in [4.78, 5) is 12.1. The minimum Gasteiger partial charge on any atom is -0.486 e. The maximum absolute atomic E-state index is 12.5. The Morgan fingerprint density at radius 1 is 1.09 bits per heavy atom. The lowest BCUT2D eigenvalue weighted by Crippen LogP contribution is -2.35. The summed E-state index contributed by atoms with van der Waals surface area (Å²) in [6, 6.07) is 6.29. The fourth-order valence-corrected chi connectivity index (χ4v) is 3.84. The van der Waals surface area contributed by atoms with E-state index in [4.69, 9.17) is 4.74 Å². The van der Waals surface area contributed by atoms with Crippen molar-refractivity contribution in [1.29, 1.82) is 0 Å². The highest BCUT2D eigenvalue weighted by Gasteiger charge is 2.26. The number of benzene rings is 1. The lowest BCUT2D eigenvalue weighted by atomic mass is 9.91. The molecule has 1 aromatic carbocycles. The van der Waals surface area contributed by atoms with Gasteiger partial charge in [-0.25, -0.2) is 8.42 Å². The predicted molar refractivity (Wildman–Crippen MR) is 89.0 cm³/mol. The van der Waals surface area contributed by atoms with Crippen LogP contribution in [0, 0.1) is 5.41 Å². The lowest BCUT2D eigenvalue weighted by Gasteiger charge is -2.25. The maximum atomic E-state index is 12.5. The normalized spacial score (nSPS) is 17.0. The Labute approximate surface area is 138 Å². The summed E-state index contributed by atoms with van der Waals surface area (Å²) in [6.07, 6.45) is 2.91. The van der Waals surface area contributed by atoms with Crippen LogP contribution in [0.25, 0.3) is 0 Å². The number of rotatable bonds is 5. The van der Waals surface area contributed by atoms with Crippen molar-refractivity contribution in [1.82, 2.24) is 4.31 Å². The van der Waals surface area contributed by atoms with E-state index in [2.05, 4.69) is 0 Å². The minimum atomic E-state index is -3.42. The number of piperidine rings is 1. The van der Waals surface area contributed by atoms with E-state index in [-0.39, 0.29) is 17.3 Å². The highest BCUT2D eigenvalue weighted by Crippen LogP contribution is 2.23. The van der Waals surface area contributed by atoms with Crippen LogP contribution in [-0.2, 0) is 14.8 Å². The third-order valence-electron chi connectivity index (χ3n) is 3.98. The van der Waals surface area contributed by atoms with Crippen molar-refractivity contribution in [3.05, 3.63) is 24.3 Å². The molecule has 0 unspecified atom stereocenters. The number of Topliss-reactive ketones (excluding diaryl/α,β-unsaturated/α-hetero) is 1. The Kier molecular flexibility index (Phi) is 5.47. The predicted octanol–water partition coefficient (Wildman–Crippen LogP) is 2.86. The van der Waals surface area contributed by atoms with Crippen molar-refractivity contribution in [2.75, 3.05) is 19.7 Å². The van der Waals surface area contributed by atoms with Gasteiger partial charge in [-0.2, -0.15) is 4.31 Å². The molecule has 0 amide bonds. The van der Waals surface area contributed by atoms with Crippen LogP contribution in [0.1, 0.15) is 40.0 Å². The summed E-state index contributed by atoms with van der Waals surface area (Å²) in [5.41, 5.74) is -0.447. The van der Waals surface area contributed by atoms with Crippen molar-refractivity contribution in [2.24, 2.45) is 5.41 Å². The lowest BCUT2D eigenvalue weighted by molar-refractivity contribution is -0.128. The maximum Gasteiger partial charge on any atom is 0.243 e. The van der Waals surface area contributed by atoms with E-state index in [1.54, 1.807) is 24.3 Å². The molecule has 23 heavy (non-hydrogen) atoms. The number of carbonyl (C=O) groups is 1. The van der Waals surface area contributed by atoms with E-state index in [0.29, 0.717) is 18.8 Å². The molecule has 1 aliphatic heterocycles. The second kappa shape index (κ2) is 7.01. The SMILES string of the molecule is CC(C)(C)C(=O)COc1ccc(S(=O)(=O)N2CCCCC2)cc1. The molecule has 1 heterocycles. The molecule has 0 atom stereocenters. The van der Waals surface area contributed by atoms with Crippen molar-refractivity contribution >= 4 is 15.8 Å². The molecule has 0 aromatic heterocycles. The molecular formula is C17H25NO4S. The van der Waals surface area contributed by atoms with Crippen LogP contribution in [0.2, 0.25) is 0 Å². The molecule has 128 valence electrons. The molecule has 0 spiro atoms. The van der Waals surface area contributed by atoms with Crippen LogP contribution in [0.15, 0.2) is 29.2 Å². The summed E-state index contributed by atoms with van der Waals surface area (Å²) in [5.74, 6) is 0.503. The van der Waals surface area contributed by atoms with Gasteiger partial charge in [-0.3, -0.25) is 4.79 Å². The van der Waals surface area contributed by atoms with Crippen LogP contribution < -0.4 is 4.74 Å². The van der Waals surface area contributed by atoms with Crippen LogP contribution in [0.3, 0.4) is 0 Å². The van der Waals surface area contributed by atoms with Gasteiger partial charge >= 0.3 is 0 Å². The molecule has 1 aromatic rings. The average molecular weight is 339 g/mol. The van der Waals surface area contributed by atoms with Gasteiger partial charge in [0.15, 0.2) is 5.78 Å². The highest BCUT2D eigenvalue weighted by atomic mass is 32.2. The first-order chi connectivity index (χ1) is 10.7. The van der Waals surface area contributed by atoms with Gasteiger partial charge in [-0.15, -0.1) is 0 Å². The largest absolute Gasteiger partial charge is 0.486 e. The topological polar surface area (TPSA) is 63.7 Å². The highest BCUT2D eigenvalue weighted by molar-refractivity contribution is 7.89. The molecule has 5 nitrogen and oxygen atoms in total. The van der Waals surface area contributed by atoms with Crippen molar-refractivity contribution < 1.29 is 17.9 Å². The Hall–Kier alpha value is -1.40. The number of nitrogens with zero attached hydrogens (tertiary/aromatic N) is 1. The third kappa shape index (κ3) is 4.54. The smallest absolute Gasteiger partial charge is 0.243 e. The minimum absolute atomic E-state index is 0.00233. The number of carbonyl (C=O) groups excluding carboxylic acids is 1. The van der Waals surface area contributed by atoms with Crippen LogP contribution >= 0.6 is 0 Å². The summed E-state index contributed by atoms with van der Waals surface area (Å²) < 4.78 is 32.0. The summed E-state index contributed by atoms with van der Waals surface area (Å²) >= 11 is 0. The van der Waals surface area contributed by atoms with E-state index in [1.165, 1.54) is 4.31 Å². The zero-order chi connectivity index (χ0) is 17.1. The standard InChI is InChI=1S/C17H25NO4S/c1-17(2,3)16(19)13-22-14-7-9-15(10-8-14)23(20,21)18-11-5-4-6-12-18/h7-10H,4-6,11-13H2,1-3H3. The molecular weight excluding hydrogens is 314 g/mol. The summed E-state index contributed by atoms with van der Waals surface area (Å²) in [7, 11) is -3.42. The fourth-order valence-electron chi connectivity index (χ4n) is 2.33. The molecule has 6 heteroatoms. The van der Waals surface area contributed by atoms with Gasteiger partial charge in [0.25, 0.3) is 0 Å². The zero-order valence-electron chi connectivity index (χ0n) is 14.0. The molecule has 0 radical (unpaired) electrons. The van der Waals surface area contributed by atoms with Crippen LogP contribution in [-0.4, -0.2) is 38.2 Å². The molecule has 0 N–H and O–H groups in total. The second-order valence-electron chi connectivity index (χ2n) is 6.90. The Morgan fingerprint density at radius 2 is 1.65 bits per heavy atom. The van der Waals surface area contributed by atoms with Gasteiger partial charge < -0.3 is 4.74 Å². The number of ketones is 1. The zero-order valence-corrected chi connectivity index (χ0v) is 14.9. The van der Waals surface area contributed by atoms with Gasteiger partial charge in [0, 0.05) is 18.5 Å². The molecule has 1 aliphatic rings. The first kappa shape index (κ1) is 17.9. The monoisotopic (exact) mass is 339 g/mol. The fraction of sp³-hybridized carbons (Fsp3) is 0.588. The Balaban J connectivity index is 2.03. The van der Waals surface area contributed by atoms with Crippen LogP contribution in [0.4, 0.5) is 0 Å². The third-order valence-corrected chi connectivity index (χ3v) is 5.90. The number of sulfonamides is 1. The quantitative estimate of drug-likeness (QED) is 0.827. The van der Waals surface area contributed by atoms with Gasteiger partial charge in [0.2, 0.25) is 10.0 Å². The first-order valence-corrected chi connectivity index (χ1v) is 9.41. The molecule has 1 fully saturated rings. The van der Waals surface area contributed by atoms with E-state index in [0.717, 1.165) is 19.3 Å². The van der Waals surface area contributed by atoms with Gasteiger partial charge in [-0.1, -0.05) is 27.2 Å². The van der Waals surface area contributed by atoms with E-state index < -0.39 is 15.4 Å². The molecule has 0 saturated carbocycles. The van der Waals surface area contributed by atoms with Crippen LogP contribution in [0.5, 0.6) is 5.75 Å². The Bertz CT molecular complexity index is 638. The van der Waals surface area contributed by atoms with Gasteiger partial charge in [0.05, 0.1) is 4.90 Å². The van der Waals surface area contributed by atoms with E-state index in [1.807, 2.05) is 20.8 Å². The van der Waals surface area contributed by atoms with Crippen molar-refractivity contribution in [3.8, 4) is 5.75 Å². The van der Waals surface area contributed by atoms with E-state index >= 15 is 0 Å². The number of ether oxygens (including phenoxy) is 1. The average Bonchev–Trinajstić information content (AvgIpc) is 2.53. The van der Waals surface area contributed by atoms with E-state index in [9.17, 15) is 13.2 Å². The van der Waals surface area contributed by atoms with Crippen molar-refractivity contribution in [2.45, 2.75) is 44.9 Å². The number of hydrogen-bond donors (Lipinski definition) is 0. The second-order valence-corrected chi connectivity index (χ2v) is 8.84. The Morgan fingerprint density at radius 3 is 2.17 bits per heavy atom. The first-order valence-electron chi connectivity index (χ1n) is 7.97. The van der Waals surface area contributed by atoms with Crippen molar-refractivity contribution in [3.63, 3.8) is 0 Å². The number of hydrogen-bond acceptors (Lipinski definition) is 4. The van der Waals surface area contributed by atoms with Gasteiger partial charge in [0.1, 0.15) is 12.4 Å². The molecule has 0 bridgehead atoms. The molecule has 1 saturated heterocycles. The summed E-state index contributed by atoms with van der Waals surface area (Å²) in [6.45, 7) is 6.68. The molecule has 0 aliphatic carbocycles. The summed E-state index contributed by atoms with van der Waals surface area (Å²) in [5, 5.41) is 0. The molecule has 2 rings (SSSR count). The van der Waals surface area contributed by atoms with Gasteiger partial charge in [-0.05, 0) is 37.1 Å².